The van der Waals surface area contributed by atoms with Gasteiger partial charge in [0.05, 0.1) is 12.7 Å². The minimum absolute atomic E-state index is 0.350. The van der Waals surface area contributed by atoms with Gasteiger partial charge in [-0.05, 0) is 40.3 Å². The van der Waals surface area contributed by atoms with E-state index in [4.69, 9.17) is 9.47 Å². The maximum Gasteiger partial charge on any atom is 0.338 e. The van der Waals surface area contributed by atoms with E-state index < -0.39 is 0 Å². The number of hydrogen-bond acceptors (Lipinski definition) is 4. The molecule has 27 heavy (non-hydrogen) atoms. The number of rotatable bonds is 2. The standard InChI is InChI=1S/C23H15NO3/c1-26-23(25)18-6-3-2-5-14(18)15-9-10-17-19-13-24-12-11-20(19)27-21-8-4-7-16(15)22(17)21/h2-13H,1H3. The first-order valence-electron chi connectivity index (χ1n) is 8.63. The predicted octanol–water partition coefficient (Wildman–Crippen LogP) is 5.46. The van der Waals surface area contributed by atoms with Crippen molar-refractivity contribution in [2.24, 2.45) is 0 Å². The Morgan fingerprint density at radius 1 is 0.852 bits per heavy atom. The molecule has 0 bridgehead atoms. The highest BCUT2D eigenvalue weighted by Gasteiger charge is 2.22. The van der Waals surface area contributed by atoms with E-state index in [1.165, 1.54) is 7.11 Å². The monoisotopic (exact) mass is 353 g/mol. The number of carbonyl (C=O) groups excluding carboxylic acids is 1. The van der Waals surface area contributed by atoms with Gasteiger partial charge in [-0.2, -0.15) is 0 Å². The van der Waals surface area contributed by atoms with Gasteiger partial charge in [0.15, 0.2) is 0 Å². The fourth-order valence-electron chi connectivity index (χ4n) is 3.71. The minimum Gasteiger partial charge on any atom is -0.465 e. The number of pyridine rings is 1. The molecule has 1 aliphatic rings. The Balaban J connectivity index is 1.83. The lowest BCUT2D eigenvalue weighted by molar-refractivity contribution is 0.0601. The van der Waals surface area contributed by atoms with Gasteiger partial charge < -0.3 is 9.47 Å². The molecule has 4 aromatic rings. The molecule has 3 aromatic carbocycles. The van der Waals surface area contributed by atoms with Crippen LogP contribution in [0.5, 0.6) is 11.5 Å². The maximum absolute atomic E-state index is 12.3. The zero-order valence-corrected chi connectivity index (χ0v) is 14.6. The lowest BCUT2D eigenvalue weighted by atomic mass is 9.89. The Morgan fingerprint density at radius 3 is 2.59 bits per heavy atom. The fraction of sp³-hybridized carbons (Fsp3) is 0.0435. The van der Waals surface area contributed by atoms with Crippen molar-refractivity contribution in [1.29, 1.82) is 0 Å². The molecule has 0 saturated carbocycles. The Morgan fingerprint density at radius 2 is 1.70 bits per heavy atom. The summed E-state index contributed by atoms with van der Waals surface area (Å²) < 4.78 is 11.1. The van der Waals surface area contributed by atoms with Crippen molar-refractivity contribution >= 4 is 16.7 Å². The number of nitrogens with zero attached hydrogens (tertiary/aromatic N) is 1. The van der Waals surface area contributed by atoms with E-state index in [-0.39, 0.29) is 5.97 Å². The van der Waals surface area contributed by atoms with Crippen molar-refractivity contribution in [2.75, 3.05) is 7.11 Å². The second-order valence-electron chi connectivity index (χ2n) is 6.35. The highest BCUT2D eigenvalue weighted by molar-refractivity contribution is 6.12. The van der Waals surface area contributed by atoms with Crippen LogP contribution in [0.15, 0.2) is 73.1 Å². The van der Waals surface area contributed by atoms with E-state index in [1.54, 1.807) is 12.3 Å². The first kappa shape index (κ1) is 15.6. The summed E-state index contributed by atoms with van der Waals surface area (Å²) >= 11 is 0. The summed E-state index contributed by atoms with van der Waals surface area (Å²) in [5.74, 6) is 1.25. The molecule has 0 amide bonds. The number of methoxy groups -OCH3 is 1. The summed E-state index contributed by atoms with van der Waals surface area (Å²) in [6, 6.07) is 19.5. The van der Waals surface area contributed by atoms with Crippen LogP contribution in [-0.2, 0) is 4.74 Å². The molecule has 0 spiro atoms. The van der Waals surface area contributed by atoms with Crippen molar-refractivity contribution in [2.45, 2.75) is 0 Å². The summed E-state index contributed by atoms with van der Waals surface area (Å²) in [6.45, 7) is 0. The predicted molar refractivity (Wildman–Crippen MR) is 104 cm³/mol. The summed E-state index contributed by atoms with van der Waals surface area (Å²) in [4.78, 5) is 16.5. The second kappa shape index (κ2) is 5.95. The molecule has 0 unspecified atom stereocenters. The third kappa shape index (κ3) is 2.30. The van der Waals surface area contributed by atoms with Crippen LogP contribution >= 0.6 is 0 Å². The van der Waals surface area contributed by atoms with Gasteiger partial charge in [0.2, 0.25) is 0 Å². The first-order valence-corrected chi connectivity index (χ1v) is 8.63. The van der Waals surface area contributed by atoms with E-state index in [9.17, 15) is 4.79 Å². The first-order chi connectivity index (χ1) is 13.3. The highest BCUT2D eigenvalue weighted by Crippen LogP contribution is 2.48. The number of hydrogen-bond donors (Lipinski definition) is 0. The van der Waals surface area contributed by atoms with Gasteiger partial charge in [0, 0.05) is 23.3 Å². The summed E-state index contributed by atoms with van der Waals surface area (Å²) in [5, 5.41) is 2.05. The molecular weight excluding hydrogens is 338 g/mol. The molecule has 4 nitrogen and oxygen atoms in total. The van der Waals surface area contributed by atoms with Crippen LogP contribution in [0.3, 0.4) is 0 Å². The Kier molecular flexibility index (Phi) is 3.44. The summed E-state index contributed by atoms with van der Waals surface area (Å²) in [7, 11) is 1.40. The van der Waals surface area contributed by atoms with Crippen molar-refractivity contribution in [3.05, 3.63) is 78.6 Å². The van der Waals surface area contributed by atoms with Crippen molar-refractivity contribution in [1.82, 2.24) is 4.98 Å². The van der Waals surface area contributed by atoms with E-state index in [1.807, 2.05) is 48.7 Å². The number of esters is 1. The lowest BCUT2D eigenvalue weighted by Crippen LogP contribution is -2.04. The summed E-state index contributed by atoms with van der Waals surface area (Å²) in [5.41, 5.74) is 4.39. The number of carbonyl (C=O) groups is 1. The Hall–Kier alpha value is -3.66. The third-order valence-corrected chi connectivity index (χ3v) is 4.92. The topological polar surface area (TPSA) is 48.4 Å². The molecule has 0 fully saturated rings. The van der Waals surface area contributed by atoms with Crippen molar-refractivity contribution < 1.29 is 14.3 Å². The van der Waals surface area contributed by atoms with Gasteiger partial charge in [-0.25, -0.2) is 4.79 Å². The Bertz CT molecular complexity index is 1210. The van der Waals surface area contributed by atoms with E-state index in [0.717, 1.165) is 44.5 Å². The molecule has 0 saturated heterocycles. The number of fused-ring (bicyclic) bond motifs is 2. The zero-order valence-electron chi connectivity index (χ0n) is 14.6. The van der Waals surface area contributed by atoms with Crippen LogP contribution in [0.2, 0.25) is 0 Å². The third-order valence-electron chi connectivity index (χ3n) is 4.92. The number of aromatic nitrogens is 1. The van der Waals surface area contributed by atoms with Crippen LogP contribution in [0.4, 0.5) is 0 Å². The van der Waals surface area contributed by atoms with Crippen LogP contribution in [-0.4, -0.2) is 18.1 Å². The van der Waals surface area contributed by atoms with Crippen molar-refractivity contribution in [3.63, 3.8) is 0 Å². The lowest BCUT2D eigenvalue weighted by Gasteiger charge is -2.22. The van der Waals surface area contributed by atoms with Crippen molar-refractivity contribution in [3.8, 4) is 33.8 Å². The van der Waals surface area contributed by atoms with Gasteiger partial charge in [0.25, 0.3) is 0 Å². The molecule has 2 heterocycles. The van der Waals surface area contributed by atoms with Gasteiger partial charge >= 0.3 is 5.97 Å². The van der Waals surface area contributed by atoms with Crippen LogP contribution in [0.25, 0.3) is 33.0 Å². The van der Waals surface area contributed by atoms with E-state index >= 15 is 0 Å². The minimum atomic E-state index is -0.350. The van der Waals surface area contributed by atoms with Crippen LogP contribution in [0.1, 0.15) is 10.4 Å². The van der Waals surface area contributed by atoms with Crippen LogP contribution in [0, 0.1) is 0 Å². The summed E-state index contributed by atoms with van der Waals surface area (Å²) in [6.07, 6.45) is 3.55. The second-order valence-corrected chi connectivity index (χ2v) is 6.35. The van der Waals surface area contributed by atoms with Gasteiger partial charge in [0.1, 0.15) is 11.5 Å². The molecular formula is C23H15NO3. The largest absolute Gasteiger partial charge is 0.465 e. The van der Waals surface area contributed by atoms with Gasteiger partial charge in [-0.3, -0.25) is 4.98 Å². The molecule has 5 rings (SSSR count). The fourth-order valence-corrected chi connectivity index (χ4v) is 3.71. The highest BCUT2D eigenvalue weighted by atomic mass is 16.5. The van der Waals surface area contributed by atoms with Crippen LogP contribution < -0.4 is 4.74 Å². The maximum atomic E-state index is 12.3. The molecule has 1 aromatic heterocycles. The SMILES string of the molecule is COC(=O)c1ccccc1-c1ccc2c3c(cccc13)Oc1ccncc1-2. The quantitative estimate of drug-likeness (QED) is 0.395. The molecule has 0 atom stereocenters. The number of benzene rings is 3. The number of ether oxygens (including phenoxy) is 2. The smallest absolute Gasteiger partial charge is 0.338 e. The molecule has 0 N–H and O–H groups in total. The average Bonchev–Trinajstić information content (AvgIpc) is 2.73. The average molecular weight is 353 g/mol. The van der Waals surface area contributed by atoms with Gasteiger partial charge in [-0.15, -0.1) is 0 Å². The Labute approximate surface area is 156 Å². The molecule has 4 heteroatoms. The molecule has 1 aliphatic heterocycles. The van der Waals surface area contributed by atoms with E-state index in [0.29, 0.717) is 5.56 Å². The normalized spacial score (nSPS) is 11.6. The zero-order chi connectivity index (χ0) is 18.4. The molecule has 130 valence electrons. The molecule has 0 radical (unpaired) electrons. The molecule has 0 aliphatic carbocycles. The van der Waals surface area contributed by atoms with Gasteiger partial charge in [-0.1, -0.05) is 42.5 Å². The van der Waals surface area contributed by atoms with E-state index in [2.05, 4.69) is 17.1 Å².